The van der Waals surface area contributed by atoms with Gasteiger partial charge >= 0.3 is 5.97 Å². The lowest BCUT2D eigenvalue weighted by atomic mass is 9.95. The van der Waals surface area contributed by atoms with E-state index in [4.69, 9.17) is 4.74 Å². The van der Waals surface area contributed by atoms with E-state index in [-0.39, 0.29) is 11.7 Å². The highest BCUT2D eigenvalue weighted by Crippen LogP contribution is 2.24. The maximum atomic E-state index is 13.1. The zero-order chi connectivity index (χ0) is 17.7. The summed E-state index contributed by atoms with van der Waals surface area (Å²) < 4.78 is 5.43. The lowest BCUT2D eigenvalue weighted by molar-refractivity contribution is -0.151. The van der Waals surface area contributed by atoms with Crippen LogP contribution in [-0.2, 0) is 14.3 Å². The van der Waals surface area contributed by atoms with Gasteiger partial charge in [-0.3, -0.25) is 14.4 Å². The van der Waals surface area contributed by atoms with Crippen molar-refractivity contribution in [3.05, 3.63) is 35.4 Å². The van der Waals surface area contributed by atoms with Gasteiger partial charge in [-0.25, -0.2) is 0 Å². The van der Waals surface area contributed by atoms with E-state index < -0.39 is 18.1 Å². The molecule has 1 fully saturated rings. The summed E-state index contributed by atoms with van der Waals surface area (Å²) in [6.07, 6.45) is 1.87. The molecule has 2 atom stereocenters. The van der Waals surface area contributed by atoms with Crippen molar-refractivity contribution in [3.8, 4) is 0 Å². The first-order chi connectivity index (χ1) is 11.4. The summed E-state index contributed by atoms with van der Waals surface area (Å²) in [5.74, 6) is -0.638. The Hall–Kier alpha value is -2.17. The Morgan fingerprint density at radius 1 is 1.25 bits per heavy atom. The predicted molar refractivity (Wildman–Crippen MR) is 90.7 cm³/mol. The Kier molecular flexibility index (Phi) is 6.12. The number of nitrogens with zero attached hydrogens (tertiary/aromatic N) is 1. The summed E-state index contributed by atoms with van der Waals surface area (Å²) in [7, 11) is 0. The zero-order valence-electron chi connectivity index (χ0n) is 14.6. The Labute approximate surface area is 143 Å². The number of ketones is 1. The number of benzene rings is 1. The minimum absolute atomic E-state index is 0.0475. The van der Waals surface area contributed by atoms with E-state index in [1.165, 1.54) is 6.92 Å². The molecule has 1 amide bonds. The van der Waals surface area contributed by atoms with Gasteiger partial charge in [0.05, 0.1) is 0 Å². The smallest absolute Gasteiger partial charge is 0.302 e. The molecule has 2 rings (SSSR count). The Morgan fingerprint density at radius 3 is 2.42 bits per heavy atom. The van der Waals surface area contributed by atoms with Gasteiger partial charge < -0.3 is 9.64 Å². The van der Waals surface area contributed by atoms with Crippen LogP contribution in [0.1, 0.15) is 55.5 Å². The molecule has 1 aliphatic rings. The van der Waals surface area contributed by atoms with Crippen molar-refractivity contribution in [1.82, 2.24) is 4.90 Å². The molecule has 0 bridgehead atoms. The number of hydrogen-bond acceptors (Lipinski definition) is 4. The second-order valence-electron chi connectivity index (χ2n) is 6.30. The van der Waals surface area contributed by atoms with Crippen LogP contribution in [0.5, 0.6) is 0 Å². The minimum atomic E-state index is -0.744. The predicted octanol–water partition coefficient (Wildman–Crippen LogP) is 2.90. The lowest BCUT2D eigenvalue weighted by Gasteiger charge is -2.33. The number of likely N-dealkylation sites (tertiary alicyclic amines) is 1. The van der Waals surface area contributed by atoms with Crippen LogP contribution in [0.15, 0.2) is 24.3 Å². The molecular formula is C19H25NO4. The molecule has 5 nitrogen and oxygen atoms in total. The van der Waals surface area contributed by atoms with Gasteiger partial charge in [0, 0.05) is 25.5 Å². The van der Waals surface area contributed by atoms with Crippen LogP contribution < -0.4 is 0 Å². The van der Waals surface area contributed by atoms with Crippen LogP contribution in [0.25, 0.3) is 0 Å². The van der Waals surface area contributed by atoms with Gasteiger partial charge in [-0.2, -0.15) is 0 Å². The van der Waals surface area contributed by atoms with Crippen molar-refractivity contribution in [3.63, 3.8) is 0 Å². The fourth-order valence-corrected chi connectivity index (χ4v) is 3.14. The highest BCUT2D eigenvalue weighted by molar-refractivity contribution is 6.02. The monoisotopic (exact) mass is 331 g/mol. The summed E-state index contributed by atoms with van der Waals surface area (Å²) in [6.45, 7) is 5.79. The average Bonchev–Trinajstić information content (AvgIpc) is 2.94. The molecule has 1 heterocycles. The first-order valence-electron chi connectivity index (χ1n) is 8.51. The van der Waals surface area contributed by atoms with Crippen LogP contribution >= 0.6 is 0 Å². The number of carbonyl (C=O) groups is 3. The molecule has 0 aliphatic carbocycles. The molecule has 0 saturated carbocycles. The summed E-state index contributed by atoms with van der Waals surface area (Å²) >= 11 is 0. The van der Waals surface area contributed by atoms with Crippen molar-refractivity contribution in [1.29, 1.82) is 0 Å². The van der Waals surface area contributed by atoms with E-state index in [0.29, 0.717) is 24.9 Å². The van der Waals surface area contributed by atoms with Gasteiger partial charge in [0.1, 0.15) is 12.1 Å². The van der Waals surface area contributed by atoms with Gasteiger partial charge in [0.15, 0.2) is 5.78 Å². The number of hydrogen-bond donors (Lipinski definition) is 0. The molecule has 0 N–H and O–H groups in total. The van der Waals surface area contributed by atoms with Gasteiger partial charge in [0.25, 0.3) is 0 Å². The topological polar surface area (TPSA) is 63.7 Å². The van der Waals surface area contributed by atoms with Crippen molar-refractivity contribution in [2.45, 2.75) is 58.6 Å². The largest absolute Gasteiger partial charge is 0.460 e. The zero-order valence-corrected chi connectivity index (χ0v) is 14.6. The Morgan fingerprint density at radius 2 is 1.92 bits per heavy atom. The van der Waals surface area contributed by atoms with E-state index in [2.05, 4.69) is 0 Å². The number of amides is 1. The van der Waals surface area contributed by atoms with Gasteiger partial charge in [-0.05, 0) is 19.8 Å². The normalized spacial score (nSPS) is 16.8. The van der Waals surface area contributed by atoms with E-state index in [1.54, 1.807) is 17.0 Å². The summed E-state index contributed by atoms with van der Waals surface area (Å²) in [5, 5.41) is 0. The fraction of sp³-hybridized carbons (Fsp3) is 0.526. The molecule has 1 aromatic carbocycles. The van der Waals surface area contributed by atoms with E-state index in [0.717, 1.165) is 18.4 Å². The maximum Gasteiger partial charge on any atom is 0.302 e. The van der Waals surface area contributed by atoms with Crippen LogP contribution in [-0.4, -0.2) is 41.3 Å². The van der Waals surface area contributed by atoms with Crippen LogP contribution in [0.4, 0.5) is 0 Å². The standard InChI is InChI=1S/C19H25NO4/c1-4-6-16(24-14(3)21)18(20-12-5-7-17(20)22)19(23)15-10-8-13(2)9-11-15/h8-11,16,18H,4-7,12H2,1-3H3. The summed E-state index contributed by atoms with van der Waals surface area (Å²) in [6, 6.07) is 6.53. The first-order valence-corrected chi connectivity index (χ1v) is 8.51. The highest BCUT2D eigenvalue weighted by atomic mass is 16.5. The van der Waals surface area contributed by atoms with Crippen LogP contribution in [0, 0.1) is 6.92 Å². The van der Waals surface area contributed by atoms with E-state index >= 15 is 0 Å². The SMILES string of the molecule is CCCC(OC(C)=O)C(C(=O)c1ccc(C)cc1)N1CCCC1=O. The maximum absolute atomic E-state index is 13.1. The first kappa shape index (κ1) is 18.2. The third-order valence-electron chi connectivity index (χ3n) is 4.29. The molecule has 1 saturated heterocycles. The molecule has 5 heteroatoms. The van der Waals surface area contributed by atoms with Gasteiger partial charge in [-0.15, -0.1) is 0 Å². The van der Waals surface area contributed by atoms with E-state index in [9.17, 15) is 14.4 Å². The second-order valence-corrected chi connectivity index (χ2v) is 6.30. The third kappa shape index (κ3) is 4.22. The molecular weight excluding hydrogens is 306 g/mol. The Bertz CT molecular complexity index is 608. The summed E-state index contributed by atoms with van der Waals surface area (Å²) in [5.41, 5.74) is 1.60. The van der Waals surface area contributed by atoms with Crippen molar-refractivity contribution in [2.75, 3.05) is 6.54 Å². The second kappa shape index (κ2) is 8.08. The molecule has 1 aliphatic heterocycles. The Balaban J connectivity index is 2.36. The molecule has 24 heavy (non-hydrogen) atoms. The van der Waals surface area contributed by atoms with Crippen molar-refractivity contribution < 1.29 is 19.1 Å². The van der Waals surface area contributed by atoms with E-state index in [1.807, 2.05) is 26.0 Å². The molecule has 0 spiro atoms. The quantitative estimate of drug-likeness (QED) is 0.569. The molecule has 2 unspecified atom stereocenters. The molecule has 0 radical (unpaired) electrons. The fourth-order valence-electron chi connectivity index (χ4n) is 3.14. The van der Waals surface area contributed by atoms with Gasteiger partial charge in [0.2, 0.25) is 5.91 Å². The lowest BCUT2D eigenvalue weighted by Crippen LogP contribution is -2.51. The van der Waals surface area contributed by atoms with Crippen molar-refractivity contribution >= 4 is 17.7 Å². The molecule has 1 aromatic rings. The molecule has 0 aromatic heterocycles. The summed E-state index contributed by atoms with van der Waals surface area (Å²) in [4.78, 5) is 38.4. The average molecular weight is 331 g/mol. The van der Waals surface area contributed by atoms with Gasteiger partial charge in [-0.1, -0.05) is 43.2 Å². The van der Waals surface area contributed by atoms with Crippen LogP contribution in [0.3, 0.4) is 0 Å². The number of carbonyl (C=O) groups excluding carboxylic acids is 3. The minimum Gasteiger partial charge on any atom is -0.460 e. The third-order valence-corrected chi connectivity index (χ3v) is 4.29. The number of rotatable bonds is 7. The van der Waals surface area contributed by atoms with Crippen LogP contribution in [0.2, 0.25) is 0 Å². The molecule has 130 valence electrons. The number of esters is 1. The number of aryl methyl sites for hydroxylation is 1. The highest BCUT2D eigenvalue weighted by Gasteiger charge is 2.40. The number of ether oxygens (including phenoxy) is 1. The van der Waals surface area contributed by atoms with Crippen molar-refractivity contribution in [2.24, 2.45) is 0 Å². The number of Topliss-reactive ketones (excluding diaryl/α,β-unsaturated/α-hetero) is 1.